The normalized spacial score (nSPS) is 15.8. The van der Waals surface area contributed by atoms with Crippen molar-refractivity contribution in [1.82, 2.24) is 0 Å². The van der Waals surface area contributed by atoms with Gasteiger partial charge in [-0.2, -0.15) is 18.4 Å². The first-order valence-corrected chi connectivity index (χ1v) is 10.1. The molecule has 1 unspecified atom stereocenters. The molecule has 2 aromatic carbocycles. The maximum absolute atomic E-state index is 13.2. The minimum absolute atomic E-state index is 0.0125. The van der Waals surface area contributed by atoms with E-state index in [4.69, 9.17) is 19.9 Å². The Morgan fingerprint density at radius 3 is 2.60 bits per heavy atom. The van der Waals surface area contributed by atoms with E-state index in [-0.39, 0.29) is 46.5 Å². The van der Waals surface area contributed by atoms with Gasteiger partial charge in [0.2, 0.25) is 5.88 Å². The number of esters is 1. The van der Waals surface area contributed by atoms with E-state index >= 15 is 0 Å². The minimum Gasteiger partial charge on any atom is -0.463 e. The first-order chi connectivity index (χ1) is 16.5. The lowest BCUT2D eigenvalue weighted by atomic mass is 9.82. The Bertz CT molecular complexity index is 1290. The van der Waals surface area contributed by atoms with Crippen molar-refractivity contribution in [3.05, 3.63) is 86.5 Å². The zero-order chi connectivity index (χ0) is 25.9. The molecule has 0 amide bonds. The van der Waals surface area contributed by atoms with Gasteiger partial charge in [0.05, 0.1) is 28.6 Å². The van der Waals surface area contributed by atoms with Gasteiger partial charge in [-0.3, -0.25) is 10.1 Å². The smallest absolute Gasteiger partial charge is 0.416 e. The molecule has 0 saturated heterocycles. The number of nitro benzene ring substituents is 1. The first kappa shape index (κ1) is 25.1. The molecule has 1 heterocycles. The van der Waals surface area contributed by atoms with Gasteiger partial charge in [0.25, 0.3) is 5.69 Å². The summed E-state index contributed by atoms with van der Waals surface area (Å²) in [5.74, 6) is -2.91. The molecule has 0 fully saturated rings. The summed E-state index contributed by atoms with van der Waals surface area (Å²) in [5, 5.41) is 21.2. The third-order valence-corrected chi connectivity index (χ3v) is 5.01. The van der Waals surface area contributed by atoms with Crippen molar-refractivity contribution in [1.29, 1.82) is 5.26 Å². The van der Waals surface area contributed by atoms with Crippen molar-refractivity contribution in [3.63, 3.8) is 0 Å². The van der Waals surface area contributed by atoms with Gasteiger partial charge in [0.15, 0.2) is 0 Å². The number of allylic oxidation sites excluding steroid dienone is 2. The number of nitro groups is 1. The van der Waals surface area contributed by atoms with E-state index in [1.807, 2.05) is 6.07 Å². The fourth-order valence-electron chi connectivity index (χ4n) is 3.50. The summed E-state index contributed by atoms with van der Waals surface area (Å²) in [6.45, 7) is 2.92. The largest absolute Gasteiger partial charge is 0.463 e. The zero-order valence-corrected chi connectivity index (χ0v) is 18.4. The van der Waals surface area contributed by atoms with Gasteiger partial charge >= 0.3 is 12.1 Å². The van der Waals surface area contributed by atoms with Crippen LogP contribution in [0.1, 0.15) is 30.9 Å². The van der Waals surface area contributed by atoms with Gasteiger partial charge in [0, 0.05) is 17.7 Å². The van der Waals surface area contributed by atoms with E-state index < -0.39 is 34.2 Å². The van der Waals surface area contributed by atoms with E-state index in [1.165, 1.54) is 13.0 Å². The Kier molecular flexibility index (Phi) is 7.00. The van der Waals surface area contributed by atoms with Crippen LogP contribution in [0.2, 0.25) is 0 Å². The number of carbonyl (C=O) groups excluding carboxylic acids is 1. The number of non-ortho nitro benzene ring substituents is 1. The van der Waals surface area contributed by atoms with Crippen LogP contribution in [0.5, 0.6) is 11.5 Å². The standard InChI is InChI=1S/C23H18F3N3O6/c1-3-33-22(30)19-12(2)34-21(28)17(11-27)20(19)16-10-14(29(31)32)7-8-18(16)35-15-6-4-5-13(9-15)23(24,25)26/h4-10,20H,3,28H2,1-2H3. The number of alkyl halides is 3. The zero-order valence-electron chi connectivity index (χ0n) is 18.4. The number of benzene rings is 2. The number of hydrogen-bond donors (Lipinski definition) is 1. The fraction of sp³-hybridized carbons (Fsp3) is 0.217. The van der Waals surface area contributed by atoms with E-state index in [1.54, 1.807) is 6.92 Å². The van der Waals surface area contributed by atoms with E-state index in [0.717, 1.165) is 36.4 Å². The molecule has 0 aromatic heterocycles. The molecule has 3 rings (SSSR count). The van der Waals surface area contributed by atoms with Gasteiger partial charge in [-0.05, 0) is 38.1 Å². The maximum atomic E-state index is 13.2. The number of nitriles is 1. The molecule has 0 bridgehead atoms. The number of ether oxygens (including phenoxy) is 3. The van der Waals surface area contributed by atoms with Crippen molar-refractivity contribution in [2.75, 3.05) is 6.61 Å². The molecule has 12 heteroatoms. The number of hydrogen-bond acceptors (Lipinski definition) is 8. The molecular formula is C23H18F3N3O6. The van der Waals surface area contributed by atoms with E-state index in [2.05, 4.69) is 0 Å². The predicted molar refractivity (Wildman–Crippen MR) is 115 cm³/mol. The van der Waals surface area contributed by atoms with Crippen LogP contribution >= 0.6 is 0 Å². The number of carbonyl (C=O) groups is 1. The van der Waals surface area contributed by atoms with E-state index in [9.17, 15) is 33.3 Å². The van der Waals surface area contributed by atoms with Crippen LogP contribution in [0.4, 0.5) is 18.9 Å². The Morgan fingerprint density at radius 1 is 1.29 bits per heavy atom. The van der Waals surface area contributed by atoms with Gasteiger partial charge in [-0.25, -0.2) is 4.79 Å². The molecule has 0 saturated carbocycles. The Hall–Kier alpha value is -4.53. The van der Waals surface area contributed by atoms with Crippen LogP contribution in [-0.2, 0) is 20.4 Å². The van der Waals surface area contributed by atoms with Gasteiger partial charge in [-0.15, -0.1) is 0 Å². The summed E-state index contributed by atoms with van der Waals surface area (Å²) in [6.07, 6.45) is -4.64. The van der Waals surface area contributed by atoms with Gasteiger partial charge in [0.1, 0.15) is 28.9 Å². The second-order valence-electron chi connectivity index (χ2n) is 7.22. The molecule has 2 aromatic rings. The lowest BCUT2D eigenvalue weighted by Gasteiger charge is -2.27. The quantitative estimate of drug-likeness (QED) is 0.338. The van der Waals surface area contributed by atoms with Crippen LogP contribution in [-0.4, -0.2) is 17.5 Å². The van der Waals surface area contributed by atoms with Crippen molar-refractivity contribution in [2.24, 2.45) is 5.73 Å². The molecule has 1 aliphatic rings. The maximum Gasteiger partial charge on any atom is 0.416 e. The van der Waals surface area contributed by atoms with Crippen molar-refractivity contribution < 1.29 is 37.1 Å². The molecule has 182 valence electrons. The number of nitrogens with zero attached hydrogens (tertiary/aromatic N) is 2. The number of rotatable bonds is 6. The van der Waals surface area contributed by atoms with Crippen LogP contribution in [0, 0.1) is 21.4 Å². The molecule has 0 aliphatic carbocycles. The SMILES string of the molecule is CCOC(=O)C1=C(C)OC(N)=C(C#N)C1c1cc([N+](=O)[O-])ccc1Oc1cccc(C(F)(F)F)c1. The van der Waals surface area contributed by atoms with Crippen LogP contribution in [0.3, 0.4) is 0 Å². The first-order valence-electron chi connectivity index (χ1n) is 10.1. The Morgan fingerprint density at radius 2 is 2.00 bits per heavy atom. The summed E-state index contributed by atoms with van der Waals surface area (Å²) >= 11 is 0. The second-order valence-corrected chi connectivity index (χ2v) is 7.22. The highest BCUT2D eigenvalue weighted by Crippen LogP contribution is 2.45. The highest BCUT2D eigenvalue weighted by molar-refractivity contribution is 5.93. The van der Waals surface area contributed by atoms with E-state index in [0.29, 0.717) is 0 Å². The third-order valence-electron chi connectivity index (χ3n) is 5.01. The van der Waals surface area contributed by atoms with Crippen LogP contribution in [0.25, 0.3) is 0 Å². The molecular weight excluding hydrogens is 471 g/mol. The lowest BCUT2D eigenvalue weighted by molar-refractivity contribution is -0.384. The summed E-state index contributed by atoms with van der Waals surface area (Å²) in [4.78, 5) is 23.5. The molecule has 1 atom stereocenters. The summed E-state index contributed by atoms with van der Waals surface area (Å²) in [7, 11) is 0. The van der Waals surface area contributed by atoms with Crippen LogP contribution in [0.15, 0.2) is 65.3 Å². The molecule has 35 heavy (non-hydrogen) atoms. The minimum atomic E-state index is -4.64. The van der Waals surface area contributed by atoms with Crippen molar-refractivity contribution >= 4 is 11.7 Å². The monoisotopic (exact) mass is 489 g/mol. The molecule has 0 spiro atoms. The summed E-state index contributed by atoms with van der Waals surface area (Å²) in [5.41, 5.74) is 3.98. The number of nitrogens with two attached hydrogens (primary N) is 1. The fourth-order valence-corrected chi connectivity index (χ4v) is 3.50. The third kappa shape index (κ3) is 5.19. The molecule has 2 N–H and O–H groups in total. The molecule has 0 radical (unpaired) electrons. The van der Waals surface area contributed by atoms with Crippen LogP contribution < -0.4 is 10.5 Å². The lowest BCUT2D eigenvalue weighted by Crippen LogP contribution is -2.26. The molecule has 9 nitrogen and oxygen atoms in total. The molecule has 1 aliphatic heterocycles. The average molecular weight is 489 g/mol. The van der Waals surface area contributed by atoms with Gasteiger partial charge < -0.3 is 19.9 Å². The van der Waals surface area contributed by atoms with Crippen molar-refractivity contribution in [3.8, 4) is 17.6 Å². The predicted octanol–water partition coefficient (Wildman–Crippen LogP) is 5.05. The summed E-state index contributed by atoms with van der Waals surface area (Å²) in [6, 6.07) is 9.10. The second kappa shape index (κ2) is 9.76. The average Bonchev–Trinajstić information content (AvgIpc) is 2.78. The summed E-state index contributed by atoms with van der Waals surface area (Å²) < 4.78 is 55.5. The Balaban J connectivity index is 2.24. The Labute approximate surface area is 197 Å². The van der Waals surface area contributed by atoms with Gasteiger partial charge in [-0.1, -0.05) is 6.07 Å². The number of halogens is 3. The highest BCUT2D eigenvalue weighted by Gasteiger charge is 2.39. The van der Waals surface area contributed by atoms with Crippen molar-refractivity contribution in [2.45, 2.75) is 25.9 Å². The topological polar surface area (TPSA) is 138 Å². The highest BCUT2D eigenvalue weighted by atomic mass is 19.4.